The lowest BCUT2D eigenvalue weighted by atomic mass is 10.0. The summed E-state index contributed by atoms with van der Waals surface area (Å²) in [6.45, 7) is 3.93. The highest BCUT2D eigenvalue weighted by Gasteiger charge is 2.23. The molecule has 0 aliphatic carbocycles. The van der Waals surface area contributed by atoms with Crippen LogP contribution in [0.5, 0.6) is 0 Å². The second kappa shape index (κ2) is 22.8. The van der Waals surface area contributed by atoms with Gasteiger partial charge in [-0.15, -0.1) is 0 Å². The van der Waals surface area contributed by atoms with Gasteiger partial charge in [-0.3, -0.25) is 9.05 Å². The van der Waals surface area contributed by atoms with Gasteiger partial charge in [0.2, 0.25) is 0 Å². The van der Waals surface area contributed by atoms with Crippen LogP contribution in [0.15, 0.2) is 0 Å². The largest absolute Gasteiger partial charge is 0.472 e. The van der Waals surface area contributed by atoms with E-state index in [0.29, 0.717) is 19.8 Å². The number of likely N-dealkylation sites (N-methyl/N-ethyl adjacent to an activating group) is 1. The van der Waals surface area contributed by atoms with E-state index in [1.54, 1.807) is 7.11 Å². The molecule has 8 heteroatoms. The van der Waals surface area contributed by atoms with Crippen molar-refractivity contribution in [3.63, 3.8) is 0 Å². The van der Waals surface area contributed by atoms with Gasteiger partial charge in [-0.1, -0.05) is 90.4 Å². The zero-order valence-corrected chi connectivity index (χ0v) is 22.3. The smallest absolute Gasteiger partial charge is 0.379 e. The Hall–Kier alpha value is -0.0100. The summed E-state index contributed by atoms with van der Waals surface area (Å²) in [5.74, 6) is 0. The molecule has 0 saturated heterocycles. The van der Waals surface area contributed by atoms with E-state index < -0.39 is 7.82 Å². The minimum atomic E-state index is -4.05. The summed E-state index contributed by atoms with van der Waals surface area (Å²) in [6.07, 6.45) is 18.3. The van der Waals surface area contributed by atoms with Gasteiger partial charge in [0.1, 0.15) is 6.10 Å². The van der Waals surface area contributed by atoms with Gasteiger partial charge in [-0.05, 0) is 20.5 Å². The molecule has 1 unspecified atom stereocenters. The molecule has 0 radical (unpaired) electrons. The summed E-state index contributed by atoms with van der Waals surface area (Å²) >= 11 is 0. The molecule has 1 N–H and O–H groups in total. The summed E-state index contributed by atoms with van der Waals surface area (Å²) in [4.78, 5) is 11.5. The molecule has 7 nitrogen and oxygen atoms in total. The molecular formula is C24H52NO6P. The molecule has 0 saturated carbocycles. The van der Waals surface area contributed by atoms with Gasteiger partial charge in [-0.25, -0.2) is 4.57 Å². The number of unbranched alkanes of at least 4 members (excludes halogenated alkanes) is 13. The lowest BCUT2D eigenvalue weighted by Crippen LogP contribution is -2.24. The van der Waals surface area contributed by atoms with Crippen LogP contribution in [-0.2, 0) is 23.1 Å². The zero-order chi connectivity index (χ0) is 23.9. The number of phosphoric acid groups is 1. The maximum Gasteiger partial charge on any atom is 0.472 e. The average molecular weight is 482 g/mol. The van der Waals surface area contributed by atoms with Crippen molar-refractivity contribution in [3.8, 4) is 0 Å². The number of hydrogen-bond donors (Lipinski definition) is 1. The molecule has 0 amide bonds. The molecule has 0 rings (SSSR count). The molecule has 0 aliphatic heterocycles. The first kappa shape index (κ1) is 32.0. The van der Waals surface area contributed by atoms with Crippen LogP contribution in [0.4, 0.5) is 0 Å². The molecule has 0 fully saturated rings. The molecule has 0 aromatic heterocycles. The Balaban J connectivity index is 3.48. The Labute approximate surface area is 198 Å². The summed E-state index contributed by atoms with van der Waals surface area (Å²) in [7, 11) is 1.21. The van der Waals surface area contributed by atoms with Gasteiger partial charge in [0.25, 0.3) is 0 Å². The Morgan fingerprint density at radius 1 is 0.750 bits per heavy atom. The minimum Gasteiger partial charge on any atom is -0.379 e. The summed E-state index contributed by atoms with van der Waals surface area (Å²) in [6, 6.07) is 0. The van der Waals surface area contributed by atoms with Crippen molar-refractivity contribution in [1.29, 1.82) is 0 Å². The van der Waals surface area contributed by atoms with Crippen molar-refractivity contribution in [3.05, 3.63) is 0 Å². The number of methoxy groups -OCH3 is 1. The molecule has 194 valence electrons. The van der Waals surface area contributed by atoms with Crippen LogP contribution in [-0.4, -0.2) is 70.1 Å². The Morgan fingerprint density at radius 3 is 1.72 bits per heavy atom. The van der Waals surface area contributed by atoms with Gasteiger partial charge in [0.15, 0.2) is 0 Å². The minimum absolute atomic E-state index is 0.0367. The number of ether oxygens (including phenoxy) is 2. The van der Waals surface area contributed by atoms with E-state index in [9.17, 15) is 9.46 Å². The molecule has 0 heterocycles. The first-order valence-electron chi connectivity index (χ1n) is 12.8. The van der Waals surface area contributed by atoms with Gasteiger partial charge < -0.3 is 19.3 Å². The number of nitrogens with zero attached hydrogens (tertiary/aromatic N) is 1. The van der Waals surface area contributed by atoms with Gasteiger partial charge in [0.05, 0.1) is 19.8 Å². The quantitative estimate of drug-likeness (QED) is 0.123. The fourth-order valence-corrected chi connectivity index (χ4v) is 4.09. The third kappa shape index (κ3) is 23.2. The van der Waals surface area contributed by atoms with Gasteiger partial charge in [0, 0.05) is 20.3 Å². The van der Waals surface area contributed by atoms with Crippen LogP contribution in [0.2, 0.25) is 0 Å². The lowest BCUT2D eigenvalue weighted by molar-refractivity contribution is -0.0222. The van der Waals surface area contributed by atoms with E-state index in [2.05, 4.69) is 6.92 Å². The molecule has 0 aromatic rings. The van der Waals surface area contributed by atoms with Crippen molar-refractivity contribution in [2.24, 2.45) is 0 Å². The van der Waals surface area contributed by atoms with E-state index in [1.165, 1.54) is 83.5 Å². The first-order valence-corrected chi connectivity index (χ1v) is 14.3. The first-order chi connectivity index (χ1) is 15.4. The van der Waals surface area contributed by atoms with Crippen LogP contribution in [0.3, 0.4) is 0 Å². The Kier molecular flexibility index (Phi) is 22.8. The number of rotatable bonds is 25. The fourth-order valence-electron chi connectivity index (χ4n) is 3.35. The van der Waals surface area contributed by atoms with E-state index in [0.717, 1.165) is 6.42 Å². The highest BCUT2D eigenvalue weighted by atomic mass is 31.2. The zero-order valence-electron chi connectivity index (χ0n) is 21.4. The van der Waals surface area contributed by atoms with Crippen molar-refractivity contribution >= 4 is 7.82 Å². The predicted molar refractivity (Wildman–Crippen MR) is 132 cm³/mol. The SMILES string of the molecule is CCCCCCCCCCCCCCCCOC[C@H](COP(=O)(O)OCCN(C)C)OC. The van der Waals surface area contributed by atoms with E-state index >= 15 is 0 Å². The predicted octanol–water partition coefficient (Wildman–Crippen LogP) is 6.19. The Bertz CT molecular complexity index is 439. The van der Waals surface area contributed by atoms with Crippen molar-refractivity contribution < 1.29 is 28.0 Å². The monoisotopic (exact) mass is 481 g/mol. The highest BCUT2D eigenvalue weighted by Crippen LogP contribution is 2.43. The number of hydrogen-bond acceptors (Lipinski definition) is 6. The highest BCUT2D eigenvalue weighted by molar-refractivity contribution is 7.47. The lowest BCUT2D eigenvalue weighted by Gasteiger charge is -2.18. The van der Waals surface area contributed by atoms with Crippen molar-refractivity contribution in [2.45, 2.75) is 103 Å². The second-order valence-corrected chi connectivity index (χ2v) is 10.4. The third-order valence-electron chi connectivity index (χ3n) is 5.50. The van der Waals surface area contributed by atoms with Crippen LogP contribution < -0.4 is 0 Å². The van der Waals surface area contributed by atoms with Crippen LogP contribution in [0, 0.1) is 0 Å². The van der Waals surface area contributed by atoms with Crippen LogP contribution in [0.1, 0.15) is 96.8 Å². The third-order valence-corrected chi connectivity index (χ3v) is 6.48. The molecule has 2 atom stereocenters. The molecule has 32 heavy (non-hydrogen) atoms. The average Bonchev–Trinajstić information content (AvgIpc) is 2.75. The summed E-state index contributed by atoms with van der Waals surface area (Å²) in [5.41, 5.74) is 0. The van der Waals surface area contributed by atoms with Gasteiger partial charge >= 0.3 is 7.82 Å². The maximum atomic E-state index is 11.8. The van der Waals surface area contributed by atoms with Crippen molar-refractivity contribution in [1.82, 2.24) is 4.90 Å². The Morgan fingerprint density at radius 2 is 1.25 bits per heavy atom. The second-order valence-electron chi connectivity index (χ2n) is 8.93. The molecule has 0 spiro atoms. The fraction of sp³-hybridized carbons (Fsp3) is 1.00. The van der Waals surface area contributed by atoms with E-state index in [4.69, 9.17) is 18.5 Å². The normalized spacial score (nSPS) is 14.7. The summed E-state index contributed by atoms with van der Waals surface area (Å²) in [5, 5.41) is 0. The van der Waals surface area contributed by atoms with E-state index in [-0.39, 0.29) is 19.3 Å². The maximum absolute atomic E-state index is 11.8. The molecular weight excluding hydrogens is 429 g/mol. The van der Waals surface area contributed by atoms with Crippen molar-refractivity contribution in [2.75, 3.05) is 54.2 Å². The molecule has 0 aliphatic rings. The van der Waals surface area contributed by atoms with E-state index in [1.807, 2.05) is 19.0 Å². The van der Waals surface area contributed by atoms with Gasteiger partial charge in [-0.2, -0.15) is 0 Å². The standard InChI is InChI=1S/C24H52NO6P/c1-5-6-7-8-9-10-11-12-13-14-15-16-17-18-20-29-22-24(28-4)23-31-32(26,27)30-21-19-25(2)3/h24H,5-23H2,1-4H3,(H,26,27)/t24-/m1/s1. The molecule has 0 aromatic carbocycles. The number of phosphoric ester groups is 1. The topological polar surface area (TPSA) is 77.5 Å². The summed E-state index contributed by atoms with van der Waals surface area (Å²) < 4.78 is 32.7. The van der Waals surface area contributed by atoms with Crippen LogP contribution in [0.25, 0.3) is 0 Å². The van der Waals surface area contributed by atoms with Crippen LogP contribution >= 0.6 is 7.82 Å². The molecule has 0 bridgehead atoms.